The van der Waals surface area contributed by atoms with Crippen molar-refractivity contribution in [2.75, 3.05) is 13.2 Å². The lowest BCUT2D eigenvalue weighted by Crippen LogP contribution is -2.27. The van der Waals surface area contributed by atoms with E-state index in [0.29, 0.717) is 18.7 Å². The van der Waals surface area contributed by atoms with Crippen LogP contribution < -0.4 is 10.1 Å². The Morgan fingerprint density at radius 2 is 1.55 bits per heavy atom. The maximum absolute atomic E-state index is 12.7. The molecule has 5 heteroatoms. The van der Waals surface area contributed by atoms with Crippen molar-refractivity contribution in [2.24, 2.45) is 0 Å². The summed E-state index contributed by atoms with van der Waals surface area (Å²) in [6.45, 7) is 0.717. The maximum Gasteiger partial charge on any atom is 0.223 e. The van der Waals surface area contributed by atoms with Gasteiger partial charge in [0.05, 0.1) is 13.0 Å². The maximum atomic E-state index is 12.7. The smallest absolute Gasteiger partial charge is 0.223 e. The van der Waals surface area contributed by atoms with Gasteiger partial charge in [0, 0.05) is 6.54 Å². The molecule has 2 aromatic rings. The van der Waals surface area contributed by atoms with Gasteiger partial charge >= 0.3 is 0 Å². The largest absolute Gasteiger partial charge is 0.493 e. The van der Waals surface area contributed by atoms with Gasteiger partial charge in [-0.3, -0.25) is 4.79 Å². The van der Waals surface area contributed by atoms with Gasteiger partial charge in [0.1, 0.15) is 17.4 Å². The quantitative estimate of drug-likeness (QED) is 0.853. The van der Waals surface area contributed by atoms with Gasteiger partial charge in [-0.25, -0.2) is 8.78 Å². The zero-order valence-electron chi connectivity index (χ0n) is 12.0. The van der Waals surface area contributed by atoms with Crippen molar-refractivity contribution in [3.63, 3.8) is 0 Å². The molecule has 0 saturated carbocycles. The average molecular weight is 305 g/mol. The van der Waals surface area contributed by atoms with Gasteiger partial charge in [-0.1, -0.05) is 12.1 Å². The Balaban J connectivity index is 1.61. The van der Waals surface area contributed by atoms with Crippen molar-refractivity contribution in [1.29, 1.82) is 0 Å². The van der Waals surface area contributed by atoms with Crippen LogP contribution in [0.15, 0.2) is 48.5 Å². The number of benzene rings is 2. The summed E-state index contributed by atoms with van der Waals surface area (Å²) in [6.07, 6.45) is 0.867. The molecule has 0 unspecified atom stereocenters. The lowest BCUT2D eigenvalue weighted by atomic mass is 10.1. The lowest BCUT2D eigenvalue weighted by Gasteiger charge is -2.07. The van der Waals surface area contributed by atoms with E-state index in [2.05, 4.69) is 5.32 Å². The van der Waals surface area contributed by atoms with Gasteiger partial charge in [-0.2, -0.15) is 0 Å². The summed E-state index contributed by atoms with van der Waals surface area (Å²) in [4.78, 5) is 11.6. The molecule has 2 rings (SSSR count). The summed E-state index contributed by atoms with van der Waals surface area (Å²) in [5.41, 5.74) is 0.962. The molecular weight excluding hydrogens is 288 g/mol. The second-order valence-corrected chi connectivity index (χ2v) is 4.78. The van der Waals surface area contributed by atoms with Crippen molar-refractivity contribution in [2.45, 2.75) is 12.8 Å². The van der Waals surface area contributed by atoms with E-state index in [1.165, 1.54) is 36.4 Å². The predicted molar refractivity (Wildman–Crippen MR) is 79.6 cm³/mol. The first-order valence-corrected chi connectivity index (χ1v) is 7.03. The highest BCUT2D eigenvalue weighted by Gasteiger charge is 2.02. The predicted octanol–water partition coefficient (Wildman–Crippen LogP) is 3.09. The molecule has 0 aromatic heterocycles. The van der Waals surface area contributed by atoms with Crippen molar-refractivity contribution >= 4 is 5.91 Å². The molecule has 22 heavy (non-hydrogen) atoms. The van der Waals surface area contributed by atoms with Crippen molar-refractivity contribution in [1.82, 2.24) is 5.32 Å². The van der Waals surface area contributed by atoms with Crippen LogP contribution in [0.2, 0.25) is 0 Å². The molecule has 0 aliphatic rings. The average Bonchev–Trinajstić information content (AvgIpc) is 2.51. The number of halogens is 2. The number of carbonyl (C=O) groups excluding carboxylic acids is 1. The van der Waals surface area contributed by atoms with E-state index < -0.39 is 0 Å². The standard InChI is InChI=1S/C17H17F2NO2/c18-14-3-1-13(2-4-14)9-11-20-17(21)10-12-22-16-7-5-15(19)6-8-16/h1-8H,9-12H2,(H,20,21). The first-order valence-electron chi connectivity index (χ1n) is 7.03. The fourth-order valence-electron chi connectivity index (χ4n) is 1.88. The van der Waals surface area contributed by atoms with E-state index in [9.17, 15) is 13.6 Å². The number of carbonyl (C=O) groups is 1. The third-order valence-electron chi connectivity index (χ3n) is 3.06. The first-order chi connectivity index (χ1) is 10.6. The highest BCUT2D eigenvalue weighted by molar-refractivity contribution is 5.75. The minimum atomic E-state index is -0.328. The summed E-state index contributed by atoms with van der Waals surface area (Å²) < 4.78 is 30.8. The van der Waals surface area contributed by atoms with Crippen molar-refractivity contribution < 1.29 is 18.3 Å². The Bertz CT molecular complexity index is 544. The molecular formula is C17H17F2NO2. The van der Waals surface area contributed by atoms with Crippen LogP contribution in [-0.4, -0.2) is 19.1 Å². The van der Waals surface area contributed by atoms with Crippen LogP contribution in [0.4, 0.5) is 8.78 Å². The number of hydrogen-bond donors (Lipinski definition) is 1. The topological polar surface area (TPSA) is 38.3 Å². The minimum Gasteiger partial charge on any atom is -0.493 e. The molecule has 0 bridgehead atoms. The zero-order chi connectivity index (χ0) is 15.8. The Kier molecular flexibility index (Phi) is 5.89. The van der Waals surface area contributed by atoms with Crippen LogP contribution in [0.3, 0.4) is 0 Å². The van der Waals surface area contributed by atoms with E-state index in [1.54, 1.807) is 12.1 Å². The van der Waals surface area contributed by atoms with Gasteiger partial charge in [0.15, 0.2) is 0 Å². The Hall–Kier alpha value is -2.43. The minimum absolute atomic E-state index is 0.121. The highest BCUT2D eigenvalue weighted by atomic mass is 19.1. The fraction of sp³-hybridized carbons (Fsp3) is 0.235. The fourth-order valence-corrected chi connectivity index (χ4v) is 1.88. The molecule has 2 aromatic carbocycles. The number of ether oxygens (including phenoxy) is 1. The number of hydrogen-bond acceptors (Lipinski definition) is 2. The van der Waals surface area contributed by atoms with Crippen molar-refractivity contribution in [3.05, 3.63) is 65.7 Å². The first kappa shape index (κ1) is 15.9. The van der Waals surface area contributed by atoms with Gasteiger partial charge in [-0.05, 0) is 48.4 Å². The molecule has 0 fully saturated rings. The molecule has 0 heterocycles. The van der Waals surface area contributed by atoms with E-state index in [-0.39, 0.29) is 30.6 Å². The zero-order valence-corrected chi connectivity index (χ0v) is 12.0. The second-order valence-electron chi connectivity index (χ2n) is 4.78. The molecule has 116 valence electrons. The highest BCUT2D eigenvalue weighted by Crippen LogP contribution is 2.11. The molecule has 0 aliphatic carbocycles. The molecule has 3 nitrogen and oxygen atoms in total. The van der Waals surface area contributed by atoms with Gasteiger partial charge < -0.3 is 10.1 Å². The number of nitrogens with one attached hydrogen (secondary N) is 1. The Morgan fingerprint density at radius 3 is 2.18 bits per heavy atom. The molecule has 0 saturated heterocycles. The summed E-state index contributed by atoms with van der Waals surface area (Å²) >= 11 is 0. The van der Waals surface area contributed by atoms with Crippen LogP contribution in [0.5, 0.6) is 5.75 Å². The van der Waals surface area contributed by atoms with E-state index in [1.807, 2.05) is 0 Å². The van der Waals surface area contributed by atoms with Crippen LogP contribution >= 0.6 is 0 Å². The molecule has 0 atom stereocenters. The number of amides is 1. The molecule has 1 N–H and O–H groups in total. The third kappa shape index (κ3) is 5.52. The Morgan fingerprint density at radius 1 is 0.955 bits per heavy atom. The monoisotopic (exact) mass is 305 g/mol. The van der Waals surface area contributed by atoms with Crippen LogP contribution in [0.25, 0.3) is 0 Å². The molecule has 1 amide bonds. The Labute approximate surface area is 127 Å². The van der Waals surface area contributed by atoms with Crippen LogP contribution in [0, 0.1) is 11.6 Å². The van der Waals surface area contributed by atoms with E-state index >= 15 is 0 Å². The summed E-state index contributed by atoms with van der Waals surface area (Å²) in [7, 11) is 0. The molecule has 0 aliphatic heterocycles. The van der Waals surface area contributed by atoms with E-state index in [4.69, 9.17) is 4.74 Å². The van der Waals surface area contributed by atoms with E-state index in [0.717, 1.165) is 5.56 Å². The normalized spacial score (nSPS) is 10.3. The van der Waals surface area contributed by atoms with Gasteiger partial charge in [0.2, 0.25) is 5.91 Å². The molecule has 0 radical (unpaired) electrons. The lowest BCUT2D eigenvalue weighted by molar-refractivity contribution is -0.121. The van der Waals surface area contributed by atoms with Crippen LogP contribution in [-0.2, 0) is 11.2 Å². The summed E-state index contributed by atoms with van der Waals surface area (Å²) in [5.74, 6) is -0.193. The van der Waals surface area contributed by atoms with Crippen molar-refractivity contribution in [3.8, 4) is 5.75 Å². The van der Waals surface area contributed by atoms with Crippen LogP contribution in [0.1, 0.15) is 12.0 Å². The SMILES string of the molecule is O=C(CCOc1ccc(F)cc1)NCCc1ccc(F)cc1. The summed E-state index contributed by atoms with van der Waals surface area (Å²) in [6, 6.07) is 11.8. The van der Waals surface area contributed by atoms with Gasteiger partial charge in [-0.15, -0.1) is 0 Å². The number of rotatable bonds is 7. The second kappa shape index (κ2) is 8.12. The summed E-state index contributed by atoms with van der Waals surface area (Å²) in [5, 5.41) is 2.77. The van der Waals surface area contributed by atoms with Gasteiger partial charge in [0.25, 0.3) is 0 Å². The third-order valence-corrected chi connectivity index (χ3v) is 3.06. The molecule has 0 spiro atoms.